The van der Waals surface area contributed by atoms with E-state index in [1.54, 1.807) is 0 Å². The highest BCUT2D eigenvalue weighted by Gasteiger charge is 2.12. The molecule has 0 heterocycles. The van der Waals surface area contributed by atoms with Gasteiger partial charge in [0.15, 0.2) is 6.61 Å². The number of nitro groups is 1. The molecule has 1 N–H and O–H groups in total. The van der Waals surface area contributed by atoms with Gasteiger partial charge in [0.2, 0.25) is 0 Å². The summed E-state index contributed by atoms with van der Waals surface area (Å²) >= 11 is 0. The Morgan fingerprint density at radius 2 is 1.90 bits per heavy atom. The van der Waals surface area contributed by atoms with Crippen molar-refractivity contribution in [1.29, 1.82) is 0 Å². The van der Waals surface area contributed by atoms with Gasteiger partial charge in [0.05, 0.1) is 10.5 Å². The molecule has 0 aliphatic carbocycles. The lowest BCUT2D eigenvalue weighted by Crippen LogP contribution is -2.29. The van der Waals surface area contributed by atoms with Crippen LogP contribution in [-0.4, -0.2) is 30.0 Å². The molecule has 1 amide bonds. The number of carbonyl (C=O) groups is 2. The van der Waals surface area contributed by atoms with Crippen LogP contribution in [-0.2, 0) is 9.53 Å². The van der Waals surface area contributed by atoms with E-state index in [1.165, 1.54) is 24.3 Å². The Morgan fingerprint density at radius 3 is 2.48 bits per heavy atom. The fourth-order valence-electron chi connectivity index (χ4n) is 1.59. The number of nitro benzene ring substituents is 1. The minimum atomic E-state index is -0.686. The molecule has 0 saturated heterocycles. The van der Waals surface area contributed by atoms with Gasteiger partial charge in [-0.1, -0.05) is 19.8 Å². The largest absolute Gasteiger partial charge is 0.452 e. The van der Waals surface area contributed by atoms with Crippen LogP contribution in [0.1, 0.15) is 36.5 Å². The van der Waals surface area contributed by atoms with Crippen LogP contribution in [0.2, 0.25) is 0 Å². The van der Waals surface area contributed by atoms with Gasteiger partial charge in [0, 0.05) is 18.7 Å². The van der Waals surface area contributed by atoms with E-state index < -0.39 is 10.9 Å². The van der Waals surface area contributed by atoms with Crippen LogP contribution in [0.3, 0.4) is 0 Å². The van der Waals surface area contributed by atoms with Gasteiger partial charge in [0.1, 0.15) is 0 Å². The summed E-state index contributed by atoms with van der Waals surface area (Å²) in [4.78, 5) is 33.0. The zero-order chi connectivity index (χ0) is 15.7. The number of esters is 1. The van der Waals surface area contributed by atoms with Crippen LogP contribution in [0.25, 0.3) is 0 Å². The highest BCUT2D eigenvalue weighted by atomic mass is 16.6. The fourth-order valence-corrected chi connectivity index (χ4v) is 1.59. The third kappa shape index (κ3) is 6.03. The number of nitrogens with one attached hydrogen (secondary N) is 1. The second-order valence-corrected chi connectivity index (χ2v) is 4.44. The molecular formula is C14H18N2O5. The number of rotatable bonds is 8. The van der Waals surface area contributed by atoms with Crippen LogP contribution in [0.15, 0.2) is 24.3 Å². The van der Waals surface area contributed by atoms with Crippen LogP contribution in [0.5, 0.6) is 0 Å². The Hall–Kier alpha value is -2.44. The average molecular weight is 294 g/mol. The molecule has 0 aliphatic heterocycles. The number of ether oxygens (including phenoxy) is 1. The maximum atomic E-state index is 11.6. The zero-order valence-electron chi connectivity index (χ0n) is 11.8. The summed E-state index contributed by atoms with van der Waals surface area (Å²) in [6.45, 7) is 2.26. The molecule has 1 rings (SSSR count). The number of benzene rings is 1. The Kier molecular flexibility index (Phi) is 6.86. The molecule has 0 spiro atoms. The van der Waals surface area contributed by atoms with E-state index in [1.807, 2.05) is 0 Å². The van der Waals surface area contributed by atoms with Crippen LogP contribution < -0.4 is 5.32 Å². The summed E-state index contributed by atoms with van der Waals surface area (Å²) in [7, 11) is 0. The van der Waals surface area contributed by atoms with E-state index in [4.69, 9.17) is 4.74 Å². The van der Waals surface area contributed by atoms with Crippen molar-refractivity contribution in [2.24, 2.45) is 0 Å². The first kappa shape index (κ1) is 16.6. The Morgan fingerprint density at radius 1 is 1.24 bits per heavy atom. The minimum Gasteiger partial charge on any atom is -0.452 e. The van der Waals surface area contributed by atoms with Crippen molar-refractivity contribution >= 4 is 17.6 Å². The quantitative estimate of drug-likeness (QED) is 0.342. The molecule has 7 nitrogen and oxygen atoms in total. The number of non-ortho nitro benzene ring substituents is 1. The van der Waals surface area contributed by atoms with Gasteiger partial charge >= 0.3 is 5.97 Å². The summed E-state index contributed by atoms with van der Waals surface area (Å²) in [5.74, 6) is -1.05. The van der Waals surface area contributed by atoms with Crippen molar-refractivity contribution in [3.8, 4) is 0 Å². The summed E-state index contributed by atoms with van der Waals surface area (Å²) in [5, 5.41) is 13.1. The van der Waals surface area contributed by atoms with E-state index in [-0.39, 0.29) is 23.8 Å². The number of carbonyl (C=O) groups excluding carboxylic acids is 2. The lowest BCUT2D eigenvalue weighted by Gasteiger charge is -2.06. The van der Waals surface area contributed by atoms with Crippen LogP contribution >= 0.6 is 0 Å². The number of amides is 1. The number of hydrogen-bond donors (Lipinski definition) is 1. The molecule has 0 unspecified atom stereocenters. The molecule has 1 aromatic carbocycles. The van der Waals surface area contributed by atoms with E-state index >= 15 is 0 Å². The topological polar surface area (TPSA) is 98.5 Å². The van der Waals surface area contributed by atoms with Crippen LogP contribution in [0.4, 0.5) is 5.69 Å². The van der Waals surface area contributed by atoms with E-state index in [9.17, 15) is 19.7 Å². The summed E-state index contributed by atoms with van der Waals surface area (Å²) in [6.07, 6.45) is 2.98. The van der Waals surface area contributed by atoms with Crippen molar-refractivity contribution in [2.75, 3.05) is 13.2 Å². The first-order valence-corrected chi connectivity index (χ1v) is 6.73. The molecule has 0 fully saturated rings. The van der Waals surface area contributed by atoms with Crippen molar-refractivity contribution in [3.05, 3.63) is 39.9 Å². The SMILES string of the molecule is CCCCCNC(=O)COC(=O)c1ccc([N+](=O)[O-])cc1. The standard InChI is InChI=1S/C14H18N2O5/c1-2-3-4-9-15-13(17)10-21-14(18)11-5-7-12(8-6-11)16(19)20/h5-8H,2-4,9-10H2,1H3,(H,15,17). The minimum absolute atomic E-state index is 0.111. The number of unbranched alkanes of at least 4 members (excludes halogenated alkanes) is 2. The normalized spacial score (nSPS) is 9.95. The molecule has 1 aromatic rings. The van der Waals surface area contributed by atoms with Gasteiger partial charge in [-0.2, -0.15) is 0 Å². The maximum Gasteiger partial charge on any atom is 0.338 e. The van der Waals surface area contributed by atoms with Gasteiger partial charge < -0.3 is 10.1 Å². The molecule has 0 saturated carbocycles. The highest BCUT2D eigenvalue weighted by Crippen LogP contribution is 2.12. The van der Waals surface area contributed by atoms with Crippen molar-refractivity contribution in [1.82, 2.24) is 5.32 Å². The fraction of sp³-hybridized carbons (Fsp3) is 0.429. The highest BCUT2D eigenvalue weighted by molar-refractivity contribution is 5.91. The molecule has 0 aliphatic rings. The number of hydrogen-bond acceptors (Lipinski definition) is 5. The molecule has 21 heavy (non-hydrogen) atoms. The first-order valence-electron chi connectivity index (χ1n) is 6.73. The molecule has 0 bridgehead atoms. The monoisotopic (exact) mass is 294 g/mol. The summed E-state index contributed by atoms with van der Waals surface area (Å²) in [6, 6.07) is 5.00. The zero-order valence-corrected chi connectivity index (χ0v) is 11.8. The van der Waals surface area contributed by atoms with Crippen molar-refractivity contribution in [2.45, 2.75) is 26.2 Å². The molecular weight excluding hydrogens is 276 g/mol. The molecule has 114 valence electrons. The Bertz CT molecular complexity index is 499. The lowest BCUT2D eigenvalue weighted by atomic mass is 10.2. The van der Waals surface area contributed by atoms with E-state index in [2.05, 4.69) is 12.2 Å². The van der Waals surface area contributed by atoms with Crippen LogP contribution in [0, 0.1) is 10.1 Å². The van der Waals surface area contributed by atoms with Gasteiger partial charge in [-0.15, -0.1) is 0 Å². The molecule has 7 heteroatoms. The molecule has 0 aromatic heterocycles. The molecule has 0 radical (unpaired) electrons. The van der Waals surface area contributed by atoms with Gasteiger partial charge in [-0.25, -0.2) is 4.79 Å². The van der Waals surface area contributed by atoms with Crippen molar-refractivity contribution < 1.29 is 19.2 Å². The third-order valence-corrected chi connectivity index (χ3v) is 2.75. The lowest BCUT2D eigenvalue weighted by molar-refractivity contribution is -0.384. The second-order valence-electron chi connectivity index (χ2n) is 4.44. The van der Waals surface area contributed by atoms with Gasteiger partial charge in [0.25, 0.3) is 11.6 Å². The average Bonchev–Trinajstić information content (AvgIpc) is 2.49. The third-order valence-electron chi connectivity index (χ3n) is 2.75. The molecule has 0 atom stereocenters. The predicted octanol–water partition coefficient (Wildman–Crippen LogP) is 2.06. The second kappa shape index (κ2) is 8.68. The Labute approximate surface area is 122 Å². The number of nitrogens with zero attached hydrogens (tertiary/aromatic N) is 1. The smallest absolute Gasteiger partial charge is 0.338 e. The maximum absolute atomic E-state index is 11.6. The van der Waals surface area contributed by atoms with Crippen molar-refractivity contribution in [3.63, 3.8) is 0 Å². The van der Waals surface area contributed by atoms with Gasteiger partial charge in [-0.05, 0) is 18.6 Å². The van der Waals surface area contributed by atoms with E-state index in [0.717, 1.165) is 19.3 Å². The summed E-state index contributed by atoms with van der Waals surface area (Å²) in [5.41, 5.74) is 0.0552. The summed E-state index contributed by atoms with van der Waals surface area (Å²) < 4.78 is 4.83. The van der Waals surface area contributed by atoms with E-state index in [0.29, 0.717) is 6.54 Å². The van der Waals surface area contributed by atoms with Gasteiger partial charge in [-0.3, -0.25) is 14.9 Å². The predicted molar refractivity (Wildman–Crippen MR) is 75.9 cm³/mol. The first-order chi connectivity index (χ1) is 10.0. The Balaban J connectivity index is 2.36.